The van der Waals surface area contributed by atoms with Gasteiger partial charge in [-0.25, -0.2) is 9.97 Å². The lowest BCUT2D eigenvalue weighted by atomic mass is 9.99. The van der Waals surface area contributed by atoms with Gasteiger partial charge >= 0.3 is 0 Å². The molecule has 0 aliphatic carbocycles. The molecule has 1 aliphatic rings. The van der Waals surface area contributed by atoms with Crippen molar-refractivity contribution in [1.82, 2.24) is 9.97 Å². The molecule has 0 saturated carbocycles. The Bertz CT molecular complexity index is 448. The number of hydrogen-bond acceptors (Lipinski definition) is 5. The second-order valence-electron chi connectivity index (χ2n) is 3.74. The predicted octanol–water partition coefficient (Wildman–Crippen LogP) is 1.09. The van der Waals surface area contributed by atoms with E-state index in [0.29, 0.717) is 0 Å². The standard InChI is InChI=1S/C11H11N5/c12-7-9-2-5-16(6-3-9)11-1-4-14-10(8-13)15-11/h1,4,9H,2-3,5-6H2. The van der Waals surface area contributed by atoms with Gasteiger partial charge in [-0.15, -0.1) is 0 Å². The van der Waals surface area contributed by atoms with Crippen LogP contribution in [0.2, 0.25) is 0 Å². The molecule has 16 heavy (non-hydrogen) atoms. The van der Waals surface area contributed by atoms with E-state index in [1.54, 1.807) is 12.3 Å². The molecule has 0 aromatic carbocycles. The van der Waals surface area contributed by atoms with Crippen LogP contribution in [0.3, 0.4) is 0 Å². The first-order chi connectivity index (χ1) is 7.83. The van der Waals surface area contributed by atoms with Crippen LogP contribution in [-0.2, 0) is 0 Å². The van der Waals surface area contributed by atoms with E-state index in [2.05, 4.69) is 20.9 Å². The molecule has 1 aromatic rings. The van der Waals surface area contributed by atoms with Gasteiger partial charge in [-0.2, -0.15) is 10.5 Å². The Labute approximate surface area is 94.0 Å². The Morgan fingerprint density at radius 2 is 2.06 bits per heavy atom. The maximum absolute atomic E-state index is 8.79. The summed E-state index contributed by atoms with van der Waals surface area (Å²) in [6.45, 7) is 1.64. The summed E-state index contributed by atoms with van der Waals surface area (Å²) in [6, 6.07) is 6.01. The van der Waals surface area contributed by atoms with E-state index < -0.39 is 0 Å². The summed E-state index contributed by atoms with van der Waals surface area (Å²) >= 11 is 0. The smallest absolute Gasteiger partial charge is 0.234 e. The predicted molar refractivity (Wildman–Crippen MR) is 57.3 cm³/mol. The van der Waals surface area contributed by atoms with E-state index in [1.807, 2.05) is 6.07 Å². The molecule has 0 unspecified atom stereocenters. The second kappa shape index (κ2) is 4.59. The van der Waals surface area contributed by atoms with Crippen LogP contribution in [0.25, 0.3) is 0 Å². The molecule has 5 nitrogen and oxygen atoms in total. The minimum atomic E-state index is 0.161. The van der Waals surface area contributed by atoms with Crippen molar-refractivity contribution < 1.29 is 0 Å². The zero-order valence-electron chi connectivity index (χ0n) is 8.80. The lowest BCUT2D eigenvalue weighted by Crippen LogP contribution is -2.33. The highest BCUT2D eigenvalue weighted by Crippen LogP contribution is 2.20. The van der Waals surface area contributed by atoms with Crippen molar-refractivity contribution in [3.8, 4) is 12.1 Å². The average Bonchev–Trinajstić information content (AvgIpc) is 2.39. The van der Waals surface area contributed by atoms with Gasteiger partial charge in [-0.3, -0.25) is 0 Å². The summed E-state index contributed by atoms with van der Waals surface area (Å²) in [5.41, 5.74) is 0. The van der Waals surface area contributed by atoms with E-state index in [0.717, 1.165) is 31.7 Å². The third-order valence-corrected chi connectivity index (χ3v) is 2.74. The van der Waals surface area contributed by atoms with Crippen molar-refractivity contribution in [2.45, 2.75) is 12.8 Å². The van der Waals surface area contributed by atoms with E-state index in [1.165, 1.54) is 0 Å². The Balaban J connectivity index is 2.09. The van der Waals surface area contributed by atoms with Crippen LogP contribution in [0.4, 0.5) is 5.82 Å². The molecule has 1 saturated heterocycles. The first-order valence-electron chi connectivity index (χ1n) is 5.21. The molecule has 5 heteroatoms. The quantitative estimate of drug-likeness (QED) is 0.697. The van der Waals surface area contributed by atoms with Gasteiger partial charge in [0.05, 0.1) is 6.07 Å². The largest absolute Gasteiger partial charge is 0.356 e. The average molecular weight is 213 g/mol. The zero-order valence-corrected chi connectivity index (χ0v) is 8.80. The number of nitriles is 2. The van der Waals surface area contributed by atoms with Gasteiger partial charge < -0.3 is 4.90 Å². The fourth-order valence-electron chi connectivity index (χ4n) is 1.82. The minimum absolute atomic E-state index is 0.161. The number of piperidine rings is 1. The van der Waals surface area contributed by atoms with Gasteiger partial charge in [0.25, 0.3) is 0 Å². The molecule has 1 aromatic heterocycles. The third kappa shape index (κ3) is 2.09. The van der Waals surface area contributed by atoms with Crippen molar-refractivity contribution >= 4 is 5.82 Å². The molecular formula is C11H11N5. The second-order valence-corrected chi connectivity index (χ2v) is 3.74. The van der Waals surface area contributed by atoms with Crippen molar-refractivity contribution in [1.29, 1.82) is 10.5 Å². The van der Waals surface area contributed by atoms with E-state index in [-0.39, 0.29) is 11.7 Å². The highest BCUT2D eigenvalue weighted by atomic mass is 15.2. The van der Waals surface area contributed by atoms with Crippen LogP contribution in [-0.4, -0.2) is 23.1 Å². The summed E-state index contributed by atoms with van der Waals surface area (Å²) < 4.78 is 0. The lowest BCUT2D eigenvalue weighted by molar-refractivity contribution is 0.485. The fraction of sp³-hybridized carbons (Fsp3) is 0.455. The van der Waals surface area contributed by atoms with Gasteiger partial charge in [-0.05, 0) is 18.9 Å². The molecule has 1 aliphatic heterocycles. The minimum Gasteiger partial charge on any atom is -0.356 e. The molecule has 80 valence electrons. The fourth-order valence-corrected chi connectivity index (χ4v) is 1.82. The summed E-state index contributed by atoms with van der Waals surface area (Å²) in [6.07, 6.45) is 3.32. The first-order valence-corrected chi connectivity index (χ1v) is 5.21. The topological polar surface area (TPSA) is 76.6 Å². The molecule has 0 amide bonds. The highest BCUT2D eigenvalue weighted by Gasteiger charge is 2.19. The van der Waals surface area contributed by atoms with E-state index in [4.69, 9.17) is 10.5 Å². The van der Waals surface area contributed by atoms with Crippen molar-refractivity contribution in [3.63, 3.8) is 0 Å². The van der Waals surface area contributed by atoms with Crippen LogP contribution in [0, 0.1) is 28.6 Å². The van der Waals surface area contributed by atoms with Gasteiger partial charge in [-0.1, -0.05) is 0 Å². The molecule has 2 rings (SSSR count). The molecule has 0 N–H and O–H groups in total. The van der Waals surface area contributed by atoms with Crippen LogP contribution < -0.4 is 4.90 Å². The molecule has 1 fully saturated rings. The first kappa shape index (κ1) is 10.4. The molecule has 0 bridgehead atoms. The van der Waals surface area contributed by atoms with E-state index >= 15 is 0 Å². The maximum Gasteiger partial charge on any atom is 0.234 e. The summed E-state index contributed by atoms with van der Waals surface area (Å²) in [5, 5.41) is 17.5. The van der Waals surface area contributed by atoms with Gasteiger partial charge in [0.15, 0.2) is 0 Å². The van der Waals surface area contributed by atoms with Gasteiger partial charge in [0.1, 0.15) is 11.9 Å². The Hall–Kier alpha value is -2.14. The number of aromatic nitrogens is 2. The monoisotopic (exact) mass is 213 g/mol. The highest BCUT2D eigenvalue weighted by molar-refractivity contribution is 5.39. The lowest BCUT2D eigenvalue weighted by Gasteiger charge is -2.29. The molecule has 0 radical (unpaired) electrons. The van der Waals surface area contributed by atoms with Crippen LogP contribution >= 0.6 is 0 Å². The number of rotatable bonds is 1. The SMILES string of the molecule is N#Cc1nccc(N2CCC(C#N)CC2)n1. The van der Waals surface area contributed by atoms with Crippen molar-refractivity contribution in [3.05, 3.63) is 18.1 Å². The molecular weight excluding hydrogens is 202 g/mol. The Morgan fingerprint density at radius 1 is 1.31 bits per heavy atom. The number of hydrogen-bond donors (Lipinski definition) is 0. The van der Waals surface area contributed by atoms with Crippen LogP contribution in [0.15, 0.2) is 12.3 Å². The number of anilines is 1. The Morgan fingerprint density at radius 3 is 2.69 bits per heavy atom. The maximum atomic E-state index is 8.79. The van der Waals surface area contributed by atoms with Crippen LogP contribution in [0.1, 0.15) is 18.7 Å². The summed E-state index contributed by atoms with van der Waals surface area (Å²) in [5.74, 6) is 1.14. The normalized spacial score (nSPS) is 16.5. The summed E-state index contributed by atoms with van der Waals surface area (Å²) in [4.78, 5) is 10.1. The molecule has 0 atom stereocenters. The van der Waals surface area contributed by atoms with E-state index in [9.17, 15) is 0 Å². The van der Waals surface area contributed by atoms with Crippen molar-refractivity contribution in [2.75, 3.05) is 18.0 Å². The zero-order chi connectivity index (χ0) is 11.4. The Kier molecular flexibility index (Phi) is 2.98. The van der Waals surface area contributed by atoms with Crippen molar-refractivity contribution in [2.24, 2.45) is 5.92 Å². The molecule has 2 heterocycles. The van der Waals surface area contributed by atoms with Gasteiger partial charge in [0.2, 0.25) is 5.82 Å². The third-order valence-electron chi connectivity index (χ3n) is 2.74. The summed E-state index contributed by atoms with van der Waals surface area (Å²) in [7, 11) is 0. The molecule has 0 spiro atoms. The van der Waals surface area contributed by atoms with Gasteiger partial charge in [0, 0.05) is 25.2 Å². The van der Waals surface area contributed by atoms with Crippen LogP contribution in [0.5, 0.6) is 0 Å². The number of nitrogens with zero attached hydrogens (tertiary/aromatic N) is 5.